The second-order valence-electron chi connectivity index (χ2n) is 4.69. The Labute approximate surface area is 118 Å². The summed E-state index contributed by atoms with van der Waals surface area (Å²) in [6, 6.07) is 13.8. The number of unbranched alkanes of at least 4 members (excludes halogenated alkanes) is 1. The first-order valence-corrected chi connectivity index (χ1v) is 6.71. The number of hydrogen-bond acceptors (Lipinski definition) is 1. The highest BCUT2D eigenvalue weighted by molar-refractivity contribution is 5.96. The first kappa shape index (κ1) is 14.2. The lowest BCUT2D eigenvalue weighted by atomic mass is 10.0. The molecule has 0 bridgehead atoms. The molecule has 0 saturated heterocycles. The topological polar surface area (TPSA) is 17.1 Å². The van der Waals surface area contributed by atoms with Crippen LogP contribution in [-0.4, -0.2) is 5.78 Å². The molecule has 2 rings (SSSR count). The zero-order valence-electron chi connectivity index (χ0n) is 11.3. The van der Waals surface area contributed by atoms with Crippen molar-refractivity contribution in [3.05, 3.63) is 72.6 Å². The molecule has 0 aliphatic carbocycles. The summed E-state index contributed by atoms with van der Waals surface area (Å²) in [6.45, 7) is 3.64. The molecule has 20 heavy (non-hydrogen) atoms. The Balaban J connectivity index is 2.07. The van der Waals surface area contributed by atoms with E-state index in [2.05, 4.69) is 6.58 Å². The molecule has 2 aromatic carbocycles. The first-order valence-electron chi connectivity index (χ1n) is 6.71. The zero-order chi connectivity index (χ0) is 14.4. The van der Waals surface area contributed by atoms with Crippen molar-refractivity contribution in [1.29, 1.82) is 0 Å². The van der Waals surface area contributed by atoms with Gasteiger partial charge in [-0.3, -0.25) is 4.79 Å². The SMILES string of the molecule is C=CCCCC(=O)c1ccc(-c2ccc(F)cc2)cc1. The predicted octanol–water partition coefficient (Wildman–Crippen LogP) is 5.03. The maximum atomic E-state index is 12.9. The summed E-state index contributed by atoms with van der Waals surface area (Å²) < 4.78 is 12.9. The van der Waals surface area contributed by atoms with Gasteiger partial charge in [0.2, 0.25) is 0 Å². The number of benzene rings is 2. The van der Waals surface area contributed by atoms with Gasteiger partial charge in [-0.15, -0.1) is 6.58 Å². The van der Waals surface area contributed by atoms with Crippen LogP contribution in [0.15, 0.2) is 61.2 Å². The molecule has 0 radical (unpaired) electrons. The van der Waals surface area contributed by atoms with Crippen molar-refractivity contribution >= 4 is 5.78 Å². The normalized spacial score (nSPS) is 10.2. The van der Waals surface area contributed by atoms with Crippen LogP contribution in [0, 0.1) is 5.82 Å². The second kappa shape index (κ2) is 6.80. The molecular formula is C18H17FO. The maximum absolute atomic E-state index is 12.9. The van der Waals surface area contributed by atoms with Crippen LogP contribution in [0.2, 0.25) is 0 Å². The van der Waals surface area contributed by atoms with Crippen molar-refractivity contribution in [2.24, 2.45) is 0 Å². The summed E-state index contributed by atoms with van der Waals surface area (Å²) in [6.07, 6.45) is 4.06. The summed E-state index contributed by atoms with van der Waals surface area (Å²) in [5, 5.41) is 0. The van der Waals surface area contributed by atoms with Gasteiger partial charge in [0.1, 0.15) is 5.82 Å². The van der Waals surface area contributed by atoms with E-state index in [0.717, 1.165) is 29.5 Å². The van der Waals surface area contributed by atoms with Crippen molar-refractivity contribution in [3.8, 4) is 11.1 Å². The Morgan fingerprint density at radius 2 is 1.55 bits per heavy atom. The van der Waals surface area contributed by atoms with Gasteiger partial charge in [0, 0.05) is 12.0 Å². The average molecular weight is 268 g/mol. The number of ketones is 1. The van der Waals surface area contributed by atoms with Gasteiger partial charge in [0.25, 0.3) is 0 Å². The molecular weight excluding hydrogens is 251 g/mol. The van der Waals surface area contributed by atoms with Crippen molar-refractivity contribution < 1.29 is 9.18 Å². The summed E-state index contributed by atoms with van der Waals surface area (Å²) in [5.74, 6) is -0.0970. The van der Waals surface area contributed by atoms with Crippen LogP contribution in [-0.2, 0) is 0 Å². The molecule has 0 heterocycles. The van der Waals surface area contributed by atoms with Gasteiger partial charge in [-0.1, -0.05) is 42.5 Å². The minimum Gasteiger partial charge on any atom is -0.294 e. The molecule has 0 N–H and O–H groups in total. The Kier molecular flexibility index (Phi) is 4.83. The first-order chi connectivity index (χ1) is 9.70. The molecule has 0 fully saturated rings. The fourth-order valence-corrected chi connectivity index (χ4v) is 2.04. The van der Waals surface area contributed by atoms with Gasteiger partial charge >= 0.3 is 0 Å². The second-order valence-corrected chi connectivity index (χ2v) is 4.69. The quantitative estimate of drug-likeness (QED) is 0.408. The third kappa shape index (κ3) is 3.64. The monoisotopic (exact) mass is 268 g/mol. The number of Topliss-reactive ketones (excluding diaryl/α,β-unsaturated/α-hetero) is 1. The minimum absolute atomic E-state index is 0.150. The van der Waals surface area contributed by atoms with Gasteiger partial charge in [-0.05, 0) is 36.1 Å². The van der Waals surface area contributed by atoms with Crippen LogP contribution in [0.5, 0.6) is 0 Å². The van der Waals surface area contributed by atoms with E-state index < -0.39 is 0 Å². The molecule has 2 heteroatoms. The highest BCUT2D eigenvalue weighted by Gasteiger charge is 2.05. The molecule has 2 aromatic rings. The predicted molar refractivity (Wildman–Crippen MR) is 80.2 cm³/mol. The van der Waals surface area contributed by atoms with Crippen molar-refractivity contribution in [1.82, 2.24) is 0 Å². The molecule has 0 aliphatic rings. The minimum atomic E-state index is -0.247. The number of hydrogen-bond donors (Lipinski definition) is 0. The standard InChI is InChI=1S/C18H17FO/c1-2-3-4-5-18(20)16-8-6-14(7-9-16)15-10-12-17(19)13-11-15/h2,6-13H,1,3-5H2. The smallest absolute Gasteiger partial charge is 0.162 e. The fourth-order valence-electron chi connectivity index (χ4n) is 2.04. The van der Waals surface area contributed by atoms with E-state index in [1.54, 1.807) is 12.1 Å². The molecule has 1 nitrogen and oxygen atoms in total. The van der Waals surface area contributed by atoms with E-state index in [1.165, 1.54) is 12.1 Å². The lowest BCUT2D eigenvalue weighted by molar-refractivity contribution is 0.0980. The number of carbonyl (C=O) groups excluding carboxylic acids is 1. The summed E-state index contributed by atoms with van der Waals surface area (Å²) in [4.78, 5) is 11.9. The molecule has 0 aromatic heterocycles. The van der Waals surface area contributed by atoms with Gasteiger partial charge in [0.15, 0.2) is 5.78 Å². The third-order valence-electron chi connectivity index (χ3n) is 3.20. The van der Waals surface area contributed by atoms with E-state index in [9.17, 15) is 9.18 Å². The number of halogens is 1. The van der Waals surface area contributed by atoms with Crippen LogP contribution in [0.25, 0.3) is 11.1 Å². The lowest BCUT2D eigenvalue weighted by Crippen LogP contribution is -1.98. The maximum Gasteiger partial charge on any atom is 0.162 e. The van der Waals surface area contributed by atoms with E-state index in [-0.39, 0.29) is 11.6 Å². The Morgan fingerprint density at radius 3 is 2.10 bits per heavy atom. The van der Waals surface area contributed by atoms with Crippen molar-refractivity contribution in [2.45, 2.75) is 19.3 Å². The molecule has 0 saturated carbocycles. The summed E-state index contributed by atoms with van der Waals surface area (Å²) in [5.41, 5.74) is 2.64. The Morgan fingerprint density at radius 1 is 1.00 bits per heavy atom. The fraction of sp³-hybridized carbons (Fsp3) is 0.167. The lowest BCUT2D eigenvalue weighted by Gasteiger charge is -2.04. The largest absolute Gasteiger partial charge is 0.294 e. The van der Waals surface area contributed by atoms with Gasteiger partial charge in [0.05, 0.1) is 0 Å². The van der Waals surface area contributed by atoms with Crippen LogP contribution in [0.3, 0.4) is 0 Å². The molecule has 102 valence electrons. The van der Waals surface area contributed by atoms with Crippen molar-refractivity contribution in [3.63, 3.8) is 0 Å². The zero-order valence-corrected chi connectivity index (χ0v) is 11.3. The van der Waals surface area contributed by atoms with Crippen LogP contribution in [0.4, 0.5) is 4.39 Å². The number of carbonyl (C=O) groups is 1. The molecule has 0 unspecified atom stereocenters. The van der Waals surface area contributed by atoms with E-state index >= 15 is 0 Å². The molecule has 0 atom stereocenters. The Bertz CT molecular complexity index is 582. The van der Waals surface area contributed by atoms with Gasteiger partial charge in [-0.2, -0.15) is 0 Å². The summed E-state index contributed by atoms with van der Waals surface area (Å²) in [7, 11) is 0. The van der Waals surface area contributed by atoms with Gasteiger partial charge < -0.3 is 0 Å². The average Bonchev–Trinajstić information content (AvgIpc) is 2.48. The van der Waals surface area contributed by atoms with Crippen LogP contribution >= 0.6 is 0 Å². The highest BCUT2D eigenvalue weighted by Crippen LogP contribution is 2.20. The highest BCUT2D eigenvalue weighted by atomic mass is 19.1. The Hall–Kier alpha value is -2.22. The van der Waals surface area contributed by atoms with Crippen molar-refractivity contribution in [2.75, 3.05) is 0 Å². The van der Waals surface area contributed by atoms with Crippen LogP contribution in [0.1, 0.15) is 29.6 Å². The molecule has 0 amide bonds. The van der Waals surface area contributed by atoms with E-state index in [1.807, 2.05) is 30.3 Å². The number of allylic oxidation sites excluding steroid dienone is 1. The summed E-state index contributed by atoms with van der Waals surface area (Å²) >= 11 is 0. The third-order valence-corrected chi connectivity index (χ3v) is 3.20. The number of rotatable bonds is 6. The molecule has 0 spiro atoms. The van der Waals surface area contributed by atoms with E-state index in [0.29, 0.717) is 6.42 Å². The molecule has 0 aliphatic heterocycles. The van der Waals surface area contributed by atoms with E-state index in [4.69, 9.17) is 0 Å². The van der Waals surface area contributed by atoms with Crippen LogP contribution < -0.4 is 0 Å². The van der Waals surface area contributed by atoms with Gasteiger partial charge in [-0.25, -0.2) is 4.39 Å².